The number of carbonyl (C=O) groups excluding carboxylic acids is 1. The Morgan fingerprint density at radius 3 is 2.36 bits per heavy atom. The van der Waals surface area contributed by atoms with E-state index in [4.69, 9.17) is 0 Å². The summed E-state index contributed by atoms with van der Waals surface area (Å²) in [6.45, 7) is 1.82. The fourth-order valence-corrected chi connectivity index (χ4v) is 2.25. The molecule has 2 aromatic heterocycles. The third-order valence-electron chi connectivity index (χ3n) is 3.56. The fourth-order valence-electron chi connectivity index (χ4n) is 2.25. The van der Waals surface area contributed by atoms with Gasteiger partial charge in [0.1, 0.15) is 5.82 Å². The van der Waals surface area contributed by atoms with Crippen molar-refractivity contribution < 1.29 is 4.79 Å². The summed E-state index contributed by atoms with van der Waals surface area (Å²) in [5.74, 6) is 0.839. The highest BCUT2D eigenvalue weighted by atomic mass is 16.2. The summed E-state index contributed by atoms with van der Waals surface area (Å²) in [5, 5.41) is 0. The Labute approximate surface area is 132 Å². The van der Waals surface area contributed by atoms with Crippen molar-refractivity contribution in [3.05, 3.63) is 48.4 Å². The van der Waals surface area contributed by atoms with Crippen molar-refractivity contribution in [3.63, 3.8) is 0 Å². The minimum atomic E-state index is 0.0245. The van der Waals surface area contributed by atoms with Gasteiger partial charge in [0.15, 0.2) is 0 Å². The molecule has 0 fully saturated rings. The first kappa shape index (κ1) is 16.2. The molecule has 0 unspecified atom stereocenters. The quantitative estimate of drug-likeness (QED) is 0.737. The maximum Gasteiger partial charge on any atom is 0.255 e. The van der Waals surface area contributed by atoms with Crippen molar-refractivity contribution in [2.45, 2.75) is 12.8 Å². The molecule has 2 rings (SSSR count). The van der Waals surface area contributed by atoms with E-state index in [0.717, 1.165) is 31.7 Å². The van der Waals surface area contributed by atoms with Gasteiger partial charge in [-0.25, -0.2) is 4.98 Å². The van der Waals surface area contributed by atoms with Crippen LogP contribution in [0, 0.1) is 0 Å². The molecular formula is C17H24N4O. The fraction of sp³-hybridized carbons (Fsp3) is 0.412. The third kappa shape index (κ3) is 4.43. The van der Waals surface area contributed by atoms with Crippen LogP contribution in [0.15, 0.2) is 42.9 Å². The zero-order chi connectivity index (χ0) is 15.9. The number of hydrogen-bond acceptors (Lipinski definition) is 3. The Kier molecular flexibility index (Phi) is 5.72. The molecule has 0 aromatic carbocycles. The zero-order valence-electron chi connectivity index (χ0n) is 13.6. The molecule has 5 heteroatoms. The Balaban J connectivity index is 1.89. The van der Waals surface area contributed by atoms with Gasteiger partial charge in [-0.3, -0.25) is 4.79 Å². The second-order valence-corrected chi connectivity index (χ2v) is 5.73. The Morgan fingerprint density at radius 2 is 1.77 bits per heavy atom. The number of rotatable bonds is 7. The molecule has 118 valence electrons. The molecule has 0 atom stereocenters. The number of carbonyl (C=O) groups is 1. The van der Waals surface area contributed by atoms with Gasteiger partial charge in [-0.05, 0) is 57.7 Å². The predicted molar refractivity (Wildman–Crippen MR) is 88.3 cm³/mol. The summed E-state index contributed by atoms with van der Waals surface area (Å²) in [7, 11) is 5.97. The number of aromatic nitrogens is 2. The minimum Gasteiger partial charge on any atom is -0.342 e. The molecule has 2 heterocycles. The van der Waals surface area contributed by atoms with Crippen LogP contribution in [0.2, 0.25) is 0 Å². The van der Waals surface area contributed by atoms with E-state index in [-0.39, 0.29) is 5.91 Å². The van der Waals surface area contributed by atoms with E-state index in [1.807, 2.05) is 48.3 Å². The SMILES string of the molecule is CN(C)CCCCN(C)C(=O)c1ccc(-n2cccc2)nc1. The van der Waals surface area contributed by atoms with E-state index in [1.165, 1.54) is 0 Å². The average Bonchev–Trinajstić information content (AvgIpc) is 3.05. The summed E-state index contributed by atoms with van der Waals surface area (Å²) in [6, 6.07) is 7.60. The van der Waals surface area contributed by atoms with Crippen LogP contribution >= 0.6 is 0 Å². The molecule has 0 saturated heterocycles. The zero-order valence-corrected chi connectivity index (χ0v) is 13.6. The van der Waals surface area contributed by atoms with Crippen LogP contribution in [-0.4, -0.2) is 59.5 Å². The molecule has 0 bridgehead atoms. The van der Waals surface area contributed by atoms with Gasteiger partial charge in [0, 0.05) is 32.2 Å². The number of unbranched alkanes of at least 4 members (excludes halogenated alkanes) is 1. The lowest BCUT2D eigenvalue weighted by atomic mass is 10.2. The smallest absolute Gasteiger partial charge is 0.255 e. The normalized spacial score (nSPS) is 10.9. The molecule has 0 radical (unpaired) electrons. The highest BCUT2D eigenvalue weighted by Gasteiger charge is 2.12. The molecule has 0 aliphatic heterocycles. The van der Waals surface area contributed by atoms with Crippen LogP contribution in [-0.2, 0) is 0 Å². The molecule has 5 nitrogen and oxygen atoms in total. The van der Waals surface area contributed by atoms with Crippen LogP contribution in [0.5, 0.6) is 0 Å². The molecule has 0 aliphatic carbocycles. The Morgan fingerprint density at radius 1 is 1.09 bits per heavy atom. The number of amides is 1. The van der Waals surface area contributed by atoms with Gasteiger partial charge in [-0.15, -0.1) is 0 Å². The van der Waals surface area contributed by atoms with Crippen LogP contribution in [0.1, 0.15) is 23.2 Å². The molecule has 0 saturated carbocycles. The highest BCUT2D eigenvalue weighted by molar-refractivity contribution is 5.93. The van der Waals surface area contributed by atoms with Gasteiger partial charge in [0.25, 0.3) is 5.91 Å². The molecule has 22 heavy (non-hydrogen) atoms. The lowest BCUT2D eigenvalue weighted by Crippen LogP contribution is -2.28. The molecule has 0 aliphatic rings. The van der Waals surface area contributed by atoms with Crippen LogP contribution < -0.4 is 0 Å². The summed E-state index contributed by atoms with van der Waals surface area (Å²) in [5.41, 5.74) is 0.631. The second kappa shape index (κ2) is 7.75. The summed E-state index contributed by atoms with van der Waals surface area (Å²) < 4.78 is 1.92. The molecular weight excluding hydrogens is 276 g/mol. The summed E-state index contributed by atoms with van der Waals surface area (Å²) in [6.07, 6.45) is 7.61. The predicted octanol–water partition coefficient (Wildman–Crippen LogP) is 2.29. The standard InChI is InChI=1S/C17H24N4O/c1-19(2)10-4-5-11-20(3)17(22)15-8-9-16(18-14-15)21-12-6-7-13-21/h6-9,12-14H,4-5,10-11H2,1-3H3. The van der Waals surface area contributed by atoms with Gasteiger partial charge in [-0.2, -0.15) is 0 Å². The summed E-state index contributed by atoms with van der Waals surface area (Å²) >= 11 is 0. The van der Waals surface area contributed by atoms with Crippen molar-refractivity contribution in [2.24, 2.45) is 0 Å². The molecule has 1 amide bonds. The van der Waals surface area contributed by atoms with Gasteiger partial charge >= 0.3 is 0 Å². The number of nitrogens with zero attached hydrogens (tertiary/aromatic N) is 4. The topological polar surface area (TPSA) is 41.4 Å². The van der Waals surface area contributed by atoms with Crippen molar-refractivity contribution >= 4 is 5.91 Å². The maximum atomic E-state index is 12.3. The van der Waals surface area contributed by atoms with Gasteiger partial charge in [-0.1, -0.05) is 0 Å². The van der Waals surface area contributed by atoms with Crippen molar-refractivity contribution in [2.75, 3.05) is 34.2 Å². The van der Waals surface area contributed by atoms with Gasteiger partial charge < -0.3 is 14.4 Å². The lowest BCUT2D eigenvalue weighted by molar-refractivity contribution is 0.0791. The largest absolute Gasteiger partial charge is 0.342 e. The van der Waals surface area contributed by atoms with Gasteiger partial charge in [0.2, 0.25) is 0 Å². The van der Waals surface area contributed by atoms with Crippen molar-refractivity contribution in [3.8, 4) is 5.82 Å². The van der Waals surface area contributed by atoms with Crippen molar-refractivity contribution in [1.82, 2.24) is 19.4 Å². The van der Waals surface area contributed by atoms with E-state index >= 15 is 0 Å². The average molecular weight is 300 g/mol. The first-order valence-corrected chi connectivity index (χ1v) is 7.57. The molecule has 0 N–H and O–H groups in total. The van der Waals surface area contributed by atoms with Crippen molar-refractivity contribution in [1.29, 1.82) is 0 Å². The van der Waals surface area contributed by atoms with E-state index in [1.54, 1.807) is 11.1 Å². The van der Waals surface area contributed by atoms with E-state index in [9.17, 15) is 4.79 Å². The molecule has 0 spiro atoms. The lowest BCUT2D eigenvalue weighted by Gasteiger charge is -2.18. The Bertz CT molecular complexity index is 575. The summed E-state index contributed by atoms with van der Waals surface area (Å²) in [4.78, 5) is 20.6. The van der Waals surface area contributed by atoms with E-state index in [0.29, 0.717) is 5.56 Å². The first-order chi connectivity index (χ1) is 10.6. The monoisotopic (exact) mass is 300 g/mol. The second-order valence-electron chi connectivity index (χ2n) is 5.73. The third-order valence-corrected chi connectivity index (χ3v) is 3.56. The van der Waals surface area contributed by atoms with Gasteiger partial charge in [0.05, 0.1) is 5.56 Å². The number of hydrogen-bond donors (Lipinski definition) is 0. The first-order valence-electron chi connectivity index (χ1n) is 7.57. The maximum absolute atomic E-state index is 12.3. The van der Waals surface area contributed by atoms with Crippen LogP contribution in [0.25, 0.3) is 5.82 Å². The van der Waals surface area contributed by atoms with E-state index in [2.05, 4.69) is 24.0 Å². The molecule has 2 aromatic rings. The number of pyridine rings is 1. The van der Waals surface area contributed by atoms with Crippen LogP contribution in [0.3, 0.4) is 0 Å². The Hall–Kier alpha value is -2.14. The minimum absolute atomic E-state index is 0.0245. The highest BCUT2D eigenvalue weighted by Crippen LogP contribution is 2.08. The van der Waals surface area contributed by atoms with E-state index < -0.39 is 0 Å². The van der Waals surface area contributed by atoms with Crippen LogP contribution in [0.4, 0.5) is 0 Å².